The number of nitrogens with zero attached hydrogens (tertiary/aromatic N) is 1. The number of hydrogen-bond donors (Lipinski definition) is 3. The van der Waals surface area contributed by atoms with E-state index in [0.29, 0.717) is 56.4 Å². The lowest BCUT2D eigenvalue weighted by Gasteiger charge is -2.22. The second kappa shape index (κ2) is 21.5. The molecule has 0 fully saturated rings. The summed E-state index contributed by atoms with van der Waals surface area (Å²) in [5, 5.41) is 4.53. The maximum atomic E-state index is 13.8. The van der Waals surface area contributed by atoms with Crippen LogP contribution in [0.15, 0.2) is 110 Å². The Bertz CT molecular complexity index is 3330. The summed E-state index contributed by atoms with van der Waals surface area (Å²) >= 11 is 0. The van der Waals surface area contributed by atoms with Gasteiger partial charge in [0.15, 0.2) is 0 Å². The second-order valence-electron chi connectivity index (χ2n) is 19.7. The zero-order valence-corrected chi connectivity index (χ0v) is 44.7. The van der Waals surface area contributed by atoms with Gasteiger partial charge in [-0.3, -0.25) is 4.79 Å². The van der Waals surface area contributed by atoms with Crippen LogP contribution in [0, 0.1) is 5.41 Å². The molecule has 72 heavy (non-hydrogen) atoms. The molecule has 19 heteroatoms. The Hall–Kier alpha value is -5.60. The maximum absolute atomic E-state index is 13.8. The lowest BCUT2D eigenvalue weighted by Crippen LogP contribution is -2.40. The molecule has 0 spiro atoms. The minimum absolute atomic E-state index is 0.0400. The summed E-state index contributed by atoms with van der Waals surface area (Å²) in [6.45, 7) is 21.7. The molecule has 3 N–H and O–H groups in total. The van der Waals surface area contributed by atoms with Crippen molar-refractivity contribution in [3.05, 3.63) is 119 Å². The number of fused-ring (bicyclic) bond motifs is 2. The van der Waals surface area contributed by atoms with Crippen LogP contribution in [-0.2, 0) is 39.6 Å². The van der Waals surface area contributed by atoms with Gasteiger partial charge in [0.05, 0.1) is 32.9 Å². The molecule has 388 valence electrons. The van der Waals surface area contributed by atoms with Gasteiger partial charge >= 0.3 is 21.5 Å². The summed E-state index contributed by atoms with van der Waals surface area (Å²) in [5.74, 6) is -0.0864. The number of benzene rings is 5. The van der Waals surface area contributed by atoms with Crippen molar-refractivity contribution in [1.29, 1.82) is 0 Å². The number of hydrogen-bond acceptors (Lipinski definition) is 11. The predicted molar refractivity (Wildman–Crippen MR) is 276 cm³/mol. The zero-order chi connectivity index (χ0) is 53.3. The van der Waals surface area contributed by atoms with E-state index in [9.17, 15) is 43.2 Å². The topological polar surface area (TPSA) is 190 Å². The molecule has 4 aromatic carbocycles. The molecule has 1 heterocycles. The van der Waals surface area contributed by atoms with Gasteiger partial charge in [0.25, 0.3) is 10.0 Å². The lowest BCUT2D eigenvalue weighted by atomic mass is 9.91. The molecule has 6 rings (SSSR count). The van der Waals surface area contributed by atoms with Gasteiger partial charge in [-0.15, -0.1) is 0 Å². The average Bonchev–Trinajstić information content (AvgIpc) is 3.29. The Morgan fingerprint density at radius 2 is 1.31 bits per heavy atom. The first-order valence-electron chi connectivity index (χ1n) is 23.7. The molecule has 0 aromatic heterocycles. The van der Waals surface area contributed by atoms with E-state index >= 15 is 0 Å². The molecular weight excluding hydrogens is 990 g/mol. The number of ether oxygens (including phenoxy) is 1. The monoisotopic (exact) mass is 1050 g/mol. The van der Waals surface area contributed by atoms with Gasteiger partial charge in [-0.05, 0) is 127 Å². The molecule has 4 aromatic rings. The fraction of sp³-hybridized carbons (Fsp3) is 0.396. The SMILES string of the molecule is CCC(C)(C)C(=O)OCCCNS(=O)(=O)c1cc(C(C)C)c(/N=c2\ccc3c(-c4cccc(S(=O)(=O)NS(=O)(=O)C(F)(F)F)c4)c4ccc(Nc5c(C(C)C)cccc5C(C)C)cc4oc-3c2)c(C(C)C)c1. The number of esters is 1. The number of rotatable bonds is 19. The van der Waals surface area contributed by atoms with Gasteiger partial charge < -0.3 is 14.5 Å². The van der Waals surface area contributed by atoms with Crippen LogP contribution in [0.2, 0.25) is 0 Å². The summed E-state index contributed by atoms with van der Waals surface area (Å²) in [6, 6.07) is 24.8. The van der Waals surface area contributed by atoms with E-state index in [-0.39, 0.29) is 65.4 Å². The zero-order valence-electron chi connectivity index (χ0n) is 42.3. The van der Waals surface area contributed by atoms with E-state index in [1.807, 2.05) is 46.8 Å². The molecule has 0 unspecified atom stereocenters. The number of halogens is 3. The molecule has 0 amide bonds. The van der Waals surface area contributed by atoms with Crippen LogP contribution in [0.25, 0.3) is 33.4 Å². The second-order valence-corrected chi connectivity index (χ2v) is 25.1. The Labute approximate surface area is 421 Å². The number of carbonyl (C=O) groups is 1. The fourth-order valence-corrected chi connectivity index (χ4v) is 11.6. The summed E-state index contributed by atoms with van der Waals surface area (Å²) in [6.07, 6.45) is 0.870. The molecular formula is C53H63F3N4O9S3. The summed E-state index contributed by atoms with van der Waals surface area (Å²) in [4.78, 5) is 16.9. The van der Waals surface area contributed by atoms with Crippen molar-refractivity contribution in [1.82, 2.24) is 8.85 Å². The number of carbonyl (C=O) groups excluding carboxylic acids is 1. The van der Waals surface area contributed by atoms with E-state index in [4.69, 9.17) is 14.1 Å². The molecule has 2 aliphatic rings. The van der Waals surface area contributed by atoms with E-state index in [1.165, 1.54) is 6.07 Å². The normalized spacial score (nSPS) is 13.3. The molecule has 13 nitrogen and oxygen atoms in total. The molecule has 1 aliphatic carbocycles. The summed E-state index contributed by atoms with van der Waals surface area (Å²) in [7, 11) is -15.6. The number of para-hydroxylation sites is 1. The van der Waals surface area contributed by atoms with Gasteiger partial charge in [0.2, 0.25) is 10.0 Å². The number of nitrogens with one attached hydrogen (secondary N) is 3. The van der Waals surface area contributed by atoms with Crippen LogP contribution in [0.4, 0.5) is 30.2 Å². The van der Waals surface area contributed by atoms with Gasteiger partial charge in [-0.25, -0.2) is 35.0 Å². The largest absolute Gasteiger partial charge is 0.512 e. The van der Waals surface area contributed by atoms with Crippen LogP contribution < -0.4 is 19.5 Å². The van der Waals surface area contributed by atoms with Crippen molar-refractivity contribution in [3.8, 4) is 22.5 Å². The minimum Gasteiger partial charge on any atom is -0.465 e. The first-order valence-corrected chi connectivity index (χ1v) is 28.2. The Morgan fingerprint density at radius 1 is 0.708 bits per heavy atom. The van der Waals surface area contributed by atoms with Gasteiger partial charge in [-0.1, -0.05) is 96.8 Å². The third-order valence-electron chi connectivity index (χ3n) is 12.5. The smallest absolute Gasteiger partial charge is 0.465 e. The van der Waals surface area contributed by atoms with Crippen molar-refractivity contribution in [3.63, 3.8) is 0 Å². The Morgan fingerprint density at radius 3 is 1.88 bits per heavy atom. The van der Waals surface area contributed by atoms with E-state index in [2.05, 4.69) is 49.9 Å². The van der Waals surface area contributed by atoms with Crippen LogP contribution in [0.3, 0.4) is 0 Å². The van der Waals surface area contributed by atoms with Crippen LogP contribution in [0.1, 0.15) is 135 Å². The van der Waals surface area contributed by atoms with Crippen LogP contribution in [-0.4, -0.2) is 49.9 Å². The Balaban J connectivity index is 1.51. The lowest BCUT2D eigenvalue weighted by molar-refractivity contribution is -0.154. The summed E-state index contributed by atoms with van der Waals surface area (Å²) in [5.41, 5.74) is 0.591. The van der Waals surface area contributed by atoms with E-state index in [0.717, 1.165) is 33.1 Å². The van der Waals surface area contributed by atoms with Crippen LogP contribution in [0.5, 0.6) is 0 Å². The van der Waals surface area contributed by atoms with E-state index in [1.54, 1.807) is 62.4 Å². The first-order chi connectivity index (χ1) is 33.5. The molecule has 0 radical (unpaired) electrons. The standard InChI is InChI=1S/C53H63F3N4O9S3/c1-12-52(10,11)51(61)68-25-15-24-57-70(62,63)39-29-44(33(6)7)50(45(30-39)34(8)9)59-37-21-23-43-47(28-37)69-46-27-36(58-49-40(31(2)3)18-14-19-41(49)32(4)5)20-22-42(46)48(43)35-16-13-17-38(26-35)71(64,65)60-72(66,67)53(54,55)56/h13-14,16-23,26-34,57-58,60H,12,15,24-25H2,1-11H3/b59-37+. The fourth-order valence-electron chi connectivity index (χ4n) is 8.05. The maximum Gasteiger partial charge on any atom is 0.512 e. The van der Waals surface area contributed by atoms with Gasteiger partial charge in [0, 0.05) is 46.6 Å². The van der Waals surface area contributed by atoms with Gasteiger partial charge in [0.1, 0.15) is 11.3 Å². The van der Waals surface area contributed by atoms with Crippen LogP contribution >= 0.6 is 0 Å². The van der Waals surface area contributed by atoms with Crippen molar-refractivity contribution >= 4 is 64.1 Å². The predicted octanol–water partition coefficient (Wildman–Crippen LogP) is 12.4. The van der Waals surface area contributed by atoms with E-state index < -0.39 is 45.9 Å². The van der Waals surface area contributed by atoms with Crippen molar-refractivity contribution in [2.75, 3.05) is 18.5 Å². The number of alkyl halides is 3. The van der Waals surface area contributed by atoms with Crippen molar-refractivity contribution in [2.24, 2.45) is 10.4 Å². The Kier molecular flexibility index (Phi) is 16.6. The number of anilines is 2. The van der Waals surface area contributed by atoms with Crippen molar-refractivity contribution in [2.45, 2.75) is 128 Å². The third kappa shape index (κ3) is 12.2. The molecule has 0 saturated carbocycles. The first kappa shape index (κ1) is 55.7. The number of sulfonamides is 3. The molecule has 1 aliphatic heterocycles. The minimum atomic E-state index is -6.29. The highest BCUT2D eigenvalue weighted by Crippen LogP contribution is 2.43. The highest BCUT2D eigenvalue weighted by molar-refractivity contribution is 8.05. The quantitative estimate of drug-likeness (QED) is 0.0400. The molecule has 0 saturated heterocycles. The summed E-state index contributed by atoms with van der Waals surface area (Å²) < 4.78 is 134. The van der Waals surface area contributed by atoms with Crippen molar-refractivity contribution < 1.29 is 52.4 Å². The van der Waals surface area contributed by atoms with Gasteiger partial charge in [-0.2, -0.15) is 13.2 Å². The third-order valence-corrected chi connectivity index (χ3v) is 17.2. The highest BCUT2D eigenvalue weighted by Gasteiger charge is 2.48. The molecule has 0 bridgehead atoms. The molecule has 0 atom stereocenters. The average molecular weight is 1050 g/mol. The highest BCUT2D eigenvalue weighted by atomic mass is 32.3.